The summed E-state index contributed by atoms with van der Waals surface area (Å²) in [6.07, 6.45) is 0.151. The Bertz CT molecular complexity index is 926. The number of hydrogen-bond acceptors (Lipinski definition) is 4. The van der Waals surface area contributed by atoms with Gasteiger partial charge in [0.25, 0.3) is 5.91 Å². The number of carbonyl (C=O) groups excluding carboxylic acids is 3. The number of ether oxygens (including phenoxy) is 1. The normalized spacial score (nSPS) is 16.0. The third-order valence-corrected chi connectivity index (χ3v) is 4.83. The highest BCUT2D eigenvalue weighted by atomic mass is 16.5. The minimum Gasteiger partial charge on any atom is -0.497 e. The predicted octanol–water partition coefficient (Wildman–Crippen LogP) is 2.35. The SMILES string of the molecule is CNC(=O)c1ccc(NC(=O)C2CC(=O)N(c3cccc(OC)c3)C2)c(C)c1. The number of aryl methyl sites for hydroxylation is 1. The van der Waals surface area contributed by atoms with Gasteiger partial charge in [-0.1, -0.05) is 6.07 Å². The van der Waals surface area contributed by atoms with Crippen LogP contribution in [0.1, 0.15) is 22.3 Å². The van der Waals surface area contributed by atoms with E-state index < -0.39 is 5.92 Å². The van der Waals surface area contributed by atoms with Crippen LogP contribution in [0.4, 0.5) is 11.4 Å². The Kier molecular flexibility index (Phi) is 5.63. The van der Waals surface area contributed by atoms with Gasteiger partial charge in [0, 0.05) is 43.0 Å². The van der Waals surface area contributed by atoms with Gasteiger partial charge in [-0.3, -0.25) is 14.4 Å². The summed E-state index contributed by atoms with van der Waals surface area (Å²) in [7, 11) is 3.14. The van der Waals surface area contributed by atoms with E-state index in [1.165, 1.54) is 0 Å². The Balaban J connectivity index is 1.70. The second-order valence-corrected chi connectivity index (χ2v) is 6.70. The molecular formula is C21H23N3O4. The molecule has 3 amide bonds. The molecule has 146 valence electrons. The molecule has 1 unspecified atom stereocenters. The van der Waals surface area contributed by atoms with E-state index in [-0.39, 0.29) is 24.1 Å². The van der Waals surface area contributed by atoms with Crippen molar-refractivity contribution in [2.45, 2.75) is 13.3 Å². The van der Waals surface area contributed by atoms with Crippen LogP contribution in [0.15, 0.2) is 42.5 Å². The number of benzene rings is 2. The standard InChI is InChI=1S/C21H23N3O4/c1-13-9-14(20(26)22-2)7-8-18(13)23-21(27)15-10-19(25)24(12-15)16-5-4-6-17(11-16)28-3/h4-9,11,15H,10,12H2,1-3H3,(H,22,26)(H,23,27). The van der Waals surface area contributed by atoms with Crippen LogP contribution in [0.25, 0.3) is 0 Å². The number of anilines is 2. The van der Waals surface area contributed by atoms with Crippen LogP contribution in [0.5, 0.6) is 5.75 Å². The van der Waals surface area contributed by atoms with E-state index in [1.54, 1.807) is 49.4 Å². The Morgan fingerprint density at radius 2 is 1.96 bits per heavy atom. The lowest BCUT2D eigenvalue weighted by molar-refractivity contribution is -0.122. The van der Waals surface area contributed by atoms with Gasteiger partial charge < -0.3 is 20.3 Å². The summed E-state index contributed by atoms with van der Waals surface area (Å²) in [6, 6.07) is 12.3. The molecule has 1 atom stereocenters. The maximum absolute atomic E-state index is 12.7. The quantitative estimate of drug-likeness (QED) is 0.832. The minimum absolute atomic E-state index is 0.0971. The number of carbonyl (C=O) groups is 3. The van der Waals surface area contributed by atoms with Crippen molar-refractivity contribution in [3.05, 3.63) is 53.6 Å². The molecule has 1 fully saturated rings. The van der Waals surface area contributed by atoms with E-state index in [4.69, 9.17) is 4.74 Å². The molecule has 0 saturated carbocycles. The van der Waals surface area contributed by atoms with Crippen molar-refractivity contribution >= 4 is 29.1 Å². The molecule has 7 nitrogen and oxygen atoms in total. The summed E-state index contributed by atoms with van der Waals surface area (Å²) in [4.78, 5) is 38.4. The second kappa shape index (κ2) is 8.12. The zero-order valence-corrected chi connectivity index (χ0v) is 16.1. The Labute approximate surface area is 163 Å². The Morgan fingerprint density at radius 3 is 2.64 bits per heavy atom. The van der Waals surface area contributed by atoms with Gasteiger partial charge in [-0.15, -0.1) is 0 Å². The van der Waals surface area contributed by atoms with Gasteiger partial charge in [0.15, 0.2) is 0 Å². The van der Waals surface area contributed by atoms with Crippen molar-refractivity contribution in [2.75, 3.05) is 30.9 Å². The molecule has 1 aliphatic rings. The van der Waals surface area contributed by atoms with Crippen molar-refractivity contribution in [3.8, 4) is 5.75 Å². The van der Waals surface area contributed by atoms with Crippen LogP contribution >= 0.6 is 0 Å². The van der Waals surface area contributed by atoms with E-state index in [0.29, 0.717) is 29.2 Å². The van der Waals surface area contributed by atoms with Crippen molar-refractivity contribution < 1.29 is 19.1 Å². The maximum atomic E-state index is 12.7. The van der Waals surface area contributed by atoms with Gasteiger partial charge in [0.1, 0.15) is 5.75 Å². The highest BCUT2D eigenvalue weighted by Gasteiger charge is 2.35. The summed E-state index contributed by atoms with van der Waals surface area (Å²) in [6.45, 7) is 2.14. The van der Waals surface area contributed by atoms with Crippen LogP contribution < -0.4 is 20.3 Å². The van der Waals surface area contributed by atoms with Gasteiger partial charge in [-0.05, 0) is 42.8 Å². The van der Waals surface area contributed by atoms with Gasteiger partial charge >= 0.3 is 0 Å². The molecular weight excluding hydrogens is 358 g/mol. The molecule has 7 heteroatoms. The first-order valence-corrected chi connectivity index (χ1v) is 9.01. The van der Waals surface area contributed by atoms with Crippen LogP contribution in [0.2, 0.25) is 0 Å². The summed E-state index contributed by atoms with van der Waals surface area (Å²) < 4.78 is 5.20. The smallest absolute Gasteiger partial charge is 0.251 e. The van der Waals surface area contributed by atoms with E-state index >= 15 is 0 Å². The Morgan fingerprint density at radius 1 is 1.18 bits per heavy atom. The molecule has 28 heavy (non-hydrogen) atoms. The minimum atomic E-state index is -0.447. The van der Waals surface area contributed by atoms with Crippen molar-refractivity contribution in [1.82, 2.24) is 5.32 Å². The summed E-state index contributed by atoms with van der Waals surface area (Å²) in [5, 5.41) is 5.45. The van der Waals surface area contributed by atoms with Gasteiger partial charge in [0.2, 0.25) is 11.8 Å². The average Bonchev–Trinajstić information content (AvgIpc) is 3.10. The first kappa shape index (κ1) is 19.4. The summed E-state index contributed by atoms with van der Waals surface area (Å²) in [5.74, 6) is -0.285. The molecule has 2 aromatic carbocycles. The zero-order valence-electron chi connectivity index (χ0n) is 16.1. The zero-order chi connectivity index (χ0) is 20.3. The number of amides is 3. The monoisotopic (exact) mass is 381 g/mol. The topological polar surface area (TPSA) is 87.7 Å². The van der Waals surface area contributed by atoms with Crippen molar-refractivity contribution in [1.29, 1.82) is 0 Å². The van der Waals surface area contributed by atoms with Crippen LogP contribution in [0, 0.1) is 12.8 Å². The summed E-state index contributed by atoms with van der Waals surface area (Å²) >= 11 is 0. The summed E-state index contributed by atoms with van der Waals surface area (Å²) in [5.41, 5.74) is 2.65. The highest BCUT2D eigenvalue weighted by Crippen LogP contribution is 2.29. The maximum Gasteiger partial charge on any atom is 0.251 e. The molecule has 0 aliphatic carbocycles. The fourth-order valence-corrected chi connectivity index (χ4v) is 3.24. The van der Waals surface area contributed by atoms with Crippen LogP contribution in [-0.4, -0.2) is 38.4 Å². The molecule has 2 N–H and O–H groups in total. The Hall–Kier alpha value is -3.35. The fraction of sp³-hybridized carbons (Fsp3) is 0.286. The molecule has 0 aromatic heterocycles. The number of hydrogen-bond donors (Lipinski definition) is 2. The van der Waals surface area contributed by atoms with Gasteiger partial charge in [-0.2, -0.15) is 0 Å². The van der Waals surface area contributed by atoms with E-state index in [0.717, 1.165) is 5.56 Å². The lowest BCUT2D eigenvalue weighted by atomic mass is 10.1. The lowest BCUT2D eigenvalue weighted by Crippen LogP contribution is -2.28. The number of nitrogens with one attached hydrogen (secondary N) is 2. The fourth-order valence-electron chi connectivity index (χ4n) is 3.24. The molecule has 2 aromatic rings. The molecule has 1 heterocycles. The van der Waals surface area contributed by atoms with Gasteiger partial charge in [0.05, 0.1) is 13.0 Å². The van der Waals surface area contributed by atoms with E-state index in [9.17, 15) is 14.4 Å². The third-order valence-electron chi connectivity index (χ3n) is 4.83. The molecule has 0 radical (unpaired) electrons. The lowest BCUT2D eigenvalue weighted by Gasteiger charge is -2.17. The van der Waals surface area contributed by atoms with Crippen LogP contribution in [-0.2, 0) is 9.59 Å². The van der Waals surface area contributed by atoms with E-state index in [1.807, 2.05) is 19.1 Å². The number of methoxy groups -OCH3 is 1. The second-order valence-electron chi connectivity index (χ2n) is 6.70. The number of rotatable bonds is 5. The first-order valence-electron chi connectivity index (χ1n) is 9.01. The largest absolute Gasteiger partial charge is 0.497 e. The van der Waals surface area contributed by atoms with Crippen LogP contribution in [0.3, 0.4) is 0 Å². The molecule has 3 rings (SSSR count). The predicted molar refractivity (Wildman–Crippen MR) is 107 cm³/mol. The molecule has 0 bridgehead atoms. The first-order chi connectivity index (χ1) is 13.4. The number of nitrogens with zero attached hydrogens (tertiary/aromatic N) is 1. The van der Waals surface area contributed by atoms with Crippen molar-refractivity contribution in [2.24, 2.45) is 5.92 Å². The molecule has 1 saturated heterocycles. The molecule has 0 spiro atoms. The average molecular weight is 381 g/mol. The molecule has 1 aliphatic heterocycles. The highest BCUT2D eigenvalue weighted by molar-refractivity contribution is 6.04. The third kappa shape index (κ3) is 3.98. The van der Waals surface area contributed by atoms with E-state index in [2.05, 4.69) is 10.6 Å². The van der Waals surface area contributed by atoms with Gasteiger partial charge in [-0.25, -0.2) is 0 Å². The van der Waals surface area contributed by atoms with Crippen molar-refractivity contribution in [3.63, 3.8) is 0 Å².